The van der Waals surface area contributed by atoms with E-state index in [1.54, 1.807) is 9.58 Å². The molecule has 0 bridgehead atoms. The van der Waals surface area contributed by atoms with Crippen LogP contribution in [0.5, 0.6) is 0 Å². The van der Waals surface area contributed by atoms with Gasteiger partial charge in [0.15, 0.2) is 0 Å². The lowest BCUT2D eigenvalue weighted by molar-refractivity contribution is -0.137. The van der Waals surface area contributed by atoms with Crippen LogP contribution in [0.3, 0.4) is 0 Å². The molecule has 32 heavy (non-hydrogen) atoms. The van der Waals surface area contributed by atoms with Gasteiger partial charge in [-0.1, -0.05) is 18.2 Å². The second-order valence-electron chi connectivity index (χ2n) is 7.83. The third-order valence-electron chi connectivity index (χ3n) is 5.69. The van der Waals surface area contributed by atoms with Gasteiger partial charge in [0.2, 0.25) is 0 Å². The van der Waals surface area contributed by atoms with E-state index in [1.807, 2.05) is 49.1 Å². The average molecular weight is 443 g/mol. The molecule has 6 nitrogen and oxygen atoms in total. The third-order valence-corrected chi connectivity index (χ3v) is 5.69. The van der Waals surface area contributed by atoms with Crippen molar-refractivity contribution >= 4 is 11.7 Å². The molecule has 4 rings (SSSR count). The van der Waals surface area contributed by atoms with E-state index in [0.717, 1.165) is 23.6 Å². The van der Waals surface area contributed by atoms with Gasteiger partial charge in [0, 0.05) is 32.4 Å². The molecule has 0 atom stereocenters. The third kappa shape index (κ3) is 4.32. The number of hydrogen-bond acceptors (Lipinski definition) is 4. The number of para-hydroxylation sites is 1. The number of halogens is 3. The number of carbonyl (C=O) groups excluding carboxylic acids is 1. The summed E-state index contributed by atoms with van der Waals surface area (Å²) in [4.78, 5) is 21.0. The molecule has 0 saturated carbocycles. The van der Waals surface area contributed by atoms with Gasteiger partial charge < -0.3 is 9.80 Å². The highest BCUT2D eigenvalue weighted by atomic mass is 19.4. The number of anilines is 1. The smallest absolute Gasteiger partial charge is 0.355 e. The molecule has 1 aromatic carbocycles. The number of rotatable bonds is 3. The first-order valence-electron chi connectivity index (χ1n) is 10.4. The van der Waals surface area contributed by atoms with Crippen LogP contribution in [-0.2, 0) is 6.18 Å². The molecule has 168 valence electrons. The van der Waals surface area contributed by atoms with Crippen LogP contribution in [0.2, 0.25) is 0 Å². The Labute approximate surface area is 184 Å². The standard InChI is InChI=1S/C23H24F3N5O/c1-16-21(17(2)31(28-16)19-7-4-3-5-8-19)22(32)30-12-6-11-29(13-14-30)20-10-9-18(15-27-20)23(24,25)26/h3-5,7-10,15H,6,11-14H2,1-2H3. The van der Waals surface area contributed by atoms with Gasteiger partial charge in [-0.25, -0.2) is 9.67 Å². The largest absolute Gasteiger partial charge is 0.417 e. The SMILES string of the molecule is Cc1nn(-c2ccccc2)c(C)c1C(=O)N1CCCN(c2ccc(C(F)(F)F)cn2)CC1. The zero-order valence-corrected chi connectivity index (χ0v) is 17.9. The van der Waals surface area contributed by atoms with Gasteiger partial charge in [-0.2, -0.15) is 18.3 Å². The van der Waals surface area contributed by atoms with Crippen LogP contribution in [0.1, 0.15) is 33.7 Å². The molecule has 0 N–H and O–H groups in total. The zero-order valence-electron chi connectivity index (χ0n) is 17.9. The van der Waals surface area contributed by atoms with Crippen molar-refractivity contribution in [1.29, 1.82) is 0 Å². The van der Waals surface area contributed by atoms with E-state index in [1.165, 1.54) is 6.07 Å². The number of carbonyl (C=O) groups is 1. The molecule has 0 spiro atoms. The summed E-state index contributed by atoms with van der Waals surface area (Å²) in [6.07, 6.45) is -2.86. The highest BCUT2D eigenvalue weighted by Crippen LogP contribution is 2.29. The van der Waals surface area contributed by atoms with Crippen LogP contribution in [-0.4, -0.2) is 51.8 Å². The average Bonchev–Trinajstić information content (AvgIpc) is 2.94. The summed E-state index contributed by atoms with van der Waals surface area (Å²) in [5, 5.41) is 4.57. The summed E-state index contributed by atoms with van der Waals surface area (Å²) in [6.45, 7) is 5.84. The van der Waals surface area contributed by atoms with E-state index < -0.39 is 11.7 Å². The molecular formula is C23H24F3N5O. The summed E-state index contributed by atoms with van der Waals surface area (Å²) in [6, 6.07) is 12.1. The number of aromatic nitrogens is 3. The van der Waals surface area contributed by atoms with E-state index in [0.29, 0.717) is 49.7 Å². The van der Waals surface area contributed by atoms with E-state index in [4.69, 9.17) is 0 Å². The van der Waals surface area contributed by atoms with Crippen molar-refractivity contribution in [3.63, 3.8) is 0 Å². The van der Waals surface area contributed by atoms with Gasteiger partial charge in [-0.05, 0) is 44.5 Å². The Hall–Kier alpha value is -3.36. The normalized spacial score (nSPS) is 15.0. The summed E-state index contributed by atoms with van der Waals surface area (Å²) < 4.78 is 40.2. The van der Waals surface area contributed by atoms with Gasteiger partial charge >= 0.3 is 6.18 Å². The first-order valence-corrected chi connectivity index (χ1v) is 10.4. The molecule has 3 heterocycles. The van der Waals surface area contributed by atoms with Gasteiger partial charge in [0.25, 0.3) is 5.91 Å². The molecule has 1 amide bonds. The minimum atomic E-state index is -4.41. The van der Waals surface area contributed by atoms with E-state index in [2.05, 4.69) is 10.1 Å². The number of hydrogen-bond donors (Lipinski definition) is 0. The Morgan fingerprint density at radius 1 is 0.969 bits per heavy atom. The molecule has 1 saturated heterocycles. The number of pyridine rings is 1. The van der Waals surface area contributed by atoms with Crippen LogP contribution < -0.4 is 4.90 Å². The van der Waals surface area contributed by atoms with Crippen molar-refractivity contribution in [3.8, 4) is 5.69 Å². The molecule has 1 aliphatic heterocycles. The molecular weight excluding hydrogens is 419 g/mol. The monoisotopic (exact) mass is 443 g/mol. The second-order valence-corrected chi connectivity index (χ2v) is 7.83. The molecule has 0 radical (unpaired) electrons. The van der Waals surface area contributed by atoms with Crippen molar-refractivity contribution in [2.24, 2.45) is 0 Å². The van der Waals surface area contributed by atoms with Crippen molar-refractivity contribution in [3.05, 3.63) is 71.2 Å². The van der Waals surface area contributed by atoms with E-state index in [-0.39, 0.29) is 5.91 Å². The number of benzene rings is 1. The Morgan fingerprint density at radius 3 is 2.38 bits per heavy atom. The predicted molar refractivity (Wildman–Crippen MR) is 115 cm³/mol. The van der Waals surface area contributed by atoms with Crippen molar-refractivity contribution in [1.82, 2.24) is 19.7 Å². The van der Waals surface area contributed by atoms with Crippen molar-refractivity contribution in [2.45, 2.75) is 26.4 Å². The maximum Gasteiger partial charge on any atom is 0.417 e. The minimum absolute atomic E-state index is 0.0793. The molecule has 0 unspecified atom stereocenters. The molecule has 1 aliphatic rings. The first kappa shape index (κ1) is 21.9. The van der Waals surface area contributed by atoms with Gasteiger partial charge in [0.05, 0.1) is 28.2 Å². The number of aryl methyl sites for hydroxylation is 1. The molecule has 9 heteroatoms. The number of nitrogens with zero attached hydrogens (tertiary/aromatic N) is 5. The highest BCUT2D eigenvalue weighted by Gasteiger charge is 2.31. The van der Waals surface area contributed by atoms with Crippen LogP contribution in [0.15, 0.2) is 48.7 Å². The number of amides is 1. The number of alkyl halides is 3. The Balaban J connectivity index is 1.49. The lowest BCUT2D eigenvalue weighted by atomic mass is 10.1. The van der Waals surface area contributed by atoms with E-state index >= 15 is 0 Å². The van der Waals surface area contributed by atoms with Crippen LogP contribution in [0.25, 0.3) is 5.69 Å². The second kappa shape index (κ2) is 8.64. The molecule has 3 aromatic rings. The Kier molecular flexibility index (Phi) is 5.90. The Bertz CT molecular complexity index is 1090. The van der Waals surface area contributed by atoms with Crippen molar-refractivity contribution in [2.75, 3.05) is 31.1 Å². The maximum atomic E-state index is 13.4. The Morgan fingerprint density at radius 2 is 1.72 bits per heavy atom. The van der Waals surface area contributed by atoms with Gasteiger partial charge in [0.1, 0.15) is 5.82 Å². The van der Waals surface area contributed by atoms with E-state index in [9.17, 15) is 18.0 Å². The predicted octanol–water partition coefficient (Wildman–Crippen LogP) is 4.26. The van der Waals surface area contributed by atoms with Crippen LogP contribution in [0, 0.1) is 13.8 Å². The fourth-order valence-corrected chi connectivity index (χ4v) is 4.02. The fraction of sp³-hybridized carbons (Fsp3) is 0.348. The minimum Gasteiger partial charge on any atom is -0.355 e. The van der Waals surface area contributed by atoms with Crippen LogP contribution in [0.4, 0.5) is 19.0 Å². The summed E-state index contributed by atoms with van der Waals surface area (Å²) in [5.74, 6) is 0.404. The lowest BCUT2D eigenvalue weighted by Crippen LogP contribution is -2.36. The topological polar surface area (TPSA) is 54.3 Å². The summed E-state index contributed by atoms with van der Waals surface area (Å²) in [5.41, 5.74) is 2.16. The van der Waals surface area contributed by atoms with Crippen molar-refractivity contribution < 1.29 is 18.0 Å². The van der Waals surface area contributed by atoms with Gasteiger partial charge in [-0.15, -0.1) is 0 Å². The quantitative estimate of drug-likeness (QED) is 0.607. The van der Waals surface area contributed by atoms with Crippen LogP contribution >= 0.6 is 0 Å². The fourth-order valence-electron chi connectivity index (χ4n) is 4.02. The summed E-state index contributed by atoms with van der Waals surface area (Å²) >= 11 is 0. The lowest BCUT2D eigenvalue weighted by Gasteiger charge is -2.23. The van der Waals surface area contributed by atoms with Gasteiger partial charge in [-0.3, -0.25) is 4.79 Å². The summed E-state index contributed by atoms with van der Waals surface area (Å²) in [7, 11) is 0. The molecule has 0 aliphatic carbocycles. The molecule has 1 fully saturated rings. The zero-order chi connectivity index (χ0) is 22.9. The first-order chi connectivity index (χ1) is 15.3. The molecule has 2 aromatic heterocycles. The highest BCUT2D eigenvalue weighted by molar-refractivity contribution is 5.96. The maximum absolute atomic E-state index is 13.4.